The van der Waals surface area contributed by atoms with Crippen LogP contribution in [0.5, 0.6) is 5.75 Å². The third-order valence-electron chi connectivity index (χ3n) is 8.90. The lowest BCUT2D eigenvalue weighted by Crippen LogP contribution is -2.36. The number of anilines is 1. The van der Waals surface area contributed by atoms with Gasteiger partial charge in [0.2, 0.25) is 0 Å². The van der Waals surface area contributed by atoms with Gasteiger partial charge in [-0.2, -0.15) is 5.10 Å². The first kappa shape index (κ1) is 39.5. The van der Waals surface area contributed by atoms with Crippen LogP contribution in [0.4, 0.5) is 19.3 Å². The zero-order valence-corrected chi connectivity index (χ0v) is 33.1. The van der Waals surface area contributed by atoms with Crippen LogP contribution in [0.2, 0.25) is 0 Å². The van der Waals surface area contributed by atoms with Gasteiger partial charge in [-0.3, -0.25) is 18.0 Å². The molecule has 0 bridgehead atoms. The van der Waals surface area contributed by atoms with Gasteiger partial charge in [0.25, 0.3) is 0 Å². The summed E-state index contributed by atoms with van der Waals surface area (Å²) < 4.78 is 74.1. The fourth-order valence-corrected chi connectivity index (χ4v) is 7.10. The number of benzene rings is 2. The van der Waals surface area contributed by atoms with Crippen molar-refractivity contribution < 1.29 is 41.3 Å². The molecule has 0 aliphatic heterocycles. The first-order valence-electron chi connectivity index (χ1n) is 17.8. The third kappa shape index (κ3) is 8.73. The highest BCUT2D eigenvalue weighted by molar-refractivity contribution is 7.80. The van der Waals surface area contributed by atoms with Crippen molar-refractivity contribution in [2.75, 3.05) is 18.0 Å². The number of pyridine rings is 1. The Kier molecular flexibility index (Phi) is 10.7. The Bertz CT molecular complexity index is 2320. The Labute approximate surface area is 320 Å². The topological polar surface area (TPSA) is 141 Å². The highest BCUT2D eigenvalue weighted by Gasteiger charge is 2.32. The highest BCUT2D eigenvalue weighted by atomic mass is 32.2. The quantitative estimate of drug-likeness (QED) is 0.102. The fourth-order valence-electron chi connectivity index (χ4n) is 6.59. The zero-order valence-electron chi connectivity index (χ0n) is 32.3. The smallest absolute Gasteiger partial charge is 0.420 e. The van der Waals surface area contributed by atoms with Gasteiger partial charge in [-0.05, 0) is 110 Å². The monoisotopic (exact) mass is 776 g/mol. The average Bonchev–Trinajstić information content (AvgIpc) is 3.79. The molecule has 1 atom stereocenters. The molecule has 1 unspecified atom stereocenters. The van der Waals surface area contributed by atoms with E-state index in [4.69, 9.17) is 24.3 Å². The van der Waals surface area contributed by atoms with Crippen LogP contribution >= 0.6 is 0 Å². The SMILES string of the molecule is COc1ccc(-c2cc3c(-c4c(C)nn(Cc5cc(F)cc(F)c5)c4C)cn(C(=O)OC(C)(C)C)c3nc2C2CC2)cc1N(CC(=O)OC(C)(C)C)S(=O)[O-]. The number of aryl methyl sites for hydroxylation is 1. The molecule has 1 saturated carbocycles. The Hall–Kier alpha value is -5.15. The highest BCUT2D eigenvalue weighted by Crippen LogP contribution is 2.47. The molecule has 12 nitrogen and oxygen atoms in total. The molecule has 0 amide bonds. The summed E-state index contributed by atoms with van der Waals surface area (Å²) in [5, 5.41) is 5.31. The number of hydrogen-bond acceptors (Lipinski definition) is 9. The fraction of sp³-hybridized carbons (Fsp3) is 0.400. The maximum Gasteiger partial charge on any atom is 0.420 e. The average molecular weight is 777 g/mol. The van der Waals surface area contributed by atoms with Crippen molar-refractivity contribution >= 4 is 40.0 Å². The van der Waals surface area contributed by atoms with E-state index in [1.807, 2.05) is 19.9 Å². The van der Waals surface area contributed by atoms with Crippen LogP contribution in [0, 0.1) is 25.5 Å². The Morgan fingerprint density at radius 1 is 0.964 bits per heavy atom. The molecule has 15 heteroatoms. The minimum atomic E-state index is -2.88. The second kappa shape index (κ2) is 14.8. The van der Waals surface area contributed by atoms with E-state index in [-0.39, 0.29) is 23.9 Å². The third-order valence-corrected chi connectivity index (χ3v) is 9.59. The summed E-state index contributed by atoms with van der Waals surface area (Å²) in [6, 6.07) is 10.3. The van der Waals surface area contributed by atoms with E-state index in [0.29, 0.717) is 55.9 Å². The lowest BCUT2D eigenvalue weighted by molar-refractivity contribution is -0.152. The van der Waals surface area contributed by atoms with Gasteiger partial charge in [-0.15, -0.1) is 0 Å². The molecular weight excluding hydrogens is 733 g/mol. The first-order chi connectivity index (χ1) is 25.7. The molecule has 0 radical (unpaired) electrons. The van der Waals surface area contributed by atoms with E-state index in [1.54, 1.807) is 70.6 Å². The maximum atomic E-state index is 14.1. The summed E-state index contributed by atoms with van der Waals surface area (Å²) in [6.07, 6.45) is 2.74. The minimum Gasteiger partial charge on any atom is -0.755 e. The maximum absolute atomic E-state index is 14.1. The van der Waals surface area contributed by atoms with Gasteiger partial charge in [0.05, 0.1) is 30.7 Å². The summed E-state index contributed by atoms with van der Waals surface area (Å²) in [7, 11) is 1.41. The van der Waals surface area contributed by atoms with Crippen LogP contribution in [0.1, 0.15) is 82.9 Å². The van der Waals surface area contributed by atoms with Crippen LogP contribution in [0.3, 0.4) is 0 Å². The van der Waals surface area contributed by atoms with Gasteiger partial charge >= 0.3 is 12.1 Å². The second-order valence-corrected chi connectivity index (χ2v) is 16.5. The van der Waals surface area contributed by atoms with Crippen molar-refractivity contribution in [3.63, 3.8) is 0 Å². The second-order valence-electron chi connectivity index (χ2n) is 15.7. The van der Waals surface area contributed by atoms with Crippen LogP contribution < -0.4 is 9.04 Å². The van der Waals surface area contributed by atoms with E-state index in [9.17, 15) is 27.1 Å². The molecule has 1 aliphatic carbocycles. The number of ether oxygens (including phenoxy) is 3. The number of carbonyl (C=O) groups excluding carboxylic acids is 2. The molecule has 2 aromatic carbocycles. The van der Waals surface area contributed by atoms with Crippen molar-refractivity contribution in [2.45, 2.75) is 91.9 Å². The van der Waals surface area contributed by atoms with Crippen LogP contribution in [-0.4, -0.2) is 65.0 Å². The van der Waals surface area contributed by atoms with Crippen molar-refractivity contribution in [3.05, 3.63) is 82.9 Å². The molecule has 1 fully saturated rings. The number of carbonyl (C=O) groups is 2. The van der Waals surface area contributed by atoms with E-state index in [1.165, 1.54) is 23.8 Å². The van der Waals surface area contributed by atoms with Crippen LogP contribution in [0.25, 0.3) is 33.3 Å². The molecule has 3 aromatic heterocycles. The normalized spacial score (nSPS) is 13.9. The number of hydrogen-bond donors (Lipinski definition) is 0. The van der Waals surface area contributed by atoms with E-state index in [2.05, 4.69) is 0 Å². The number of rotatable bonds is 10. The predicted octanol–water partition coefficient (Wildman–Crippen LogP) is 8.12. The number of nitrogens with zero attached hydrogens (tertiary/aromatic N) is 5. The largest absolute Gasteiger partial charge is 0.755 e. The van der Waals surface area contributed by atoms with Crippen molar-refractivity contribution in [3.8, 4) is 28.0 Å². The number of methoxy groups -OCH3 is 1. The standard InChI is InChI=1S/C40H45F2N5O7S/c1-22-35(23(2)46(44-22)19-24-14-27(41)17-28(42)15-24)31-20-45(38(49)54-40(6,7)8)37-30(31)18-29(36(43-37)25-10-11-25)26-12-13-33(52-9)32(16-26)47(55(50)51)21-34(48)53-39(3,4)5/h12-18,20,25H,10-11,19,21H2,1-9H3,(H,50,51)/p-1. The van der Waals surface area contributed by atoms with Crippen molar-refractivity contribution in [1.82, 2.24) is 19.3 Å². The molecule has 0 spiro atoms. The van der Waals surface area contributed by atoms with Gasteiger partial charge in [0.15, 0.2) is 0 Å². The Balaban J connectivity index is 1.55. The number of fused-ring (bicyclic) bond motifs is 1. The summed E-state index contributed by atoms with van der Waals surface area (Å²) >= 11 is -2.88. The van der Waals surface area contributed by atoms with Gasteiger partial charge in [-0.25, -0.2) is 23.1 Å². The molecule has 55 heavy (non-hydrogen) atoms. The molecule has 0 N–H and O–H groups in total. The van der Waals surface area contributed by atoms with Gasteiger partial charge in [0.1, 0.15) is 40.8 Å². The zero-order chi connectivity index (χ0) is 40.1. The minimum absolute atomic E-state index is 0.0692. The first-order valence-corrected chi connectivity index (χ1v) is 18.8. The Morgan fingerprint density at radius 2 is 1.62 bits per heavy atom. The molecule has 1 aliphatic rings. The van der Waals surface area contributed by atoms with Crippen LogP contribution in [0.15, 0.2) is 48.7 Å². The summed E-state index contributed by atoms with van der Waals surface area (Å²) in [6.45, 7) is 13.5. The molecule has 5 aromatic rings. The van der Waals surface area contributed by atoms with Gasteiger partial charge in [-0.1, -0.05) is 6.07 Å². The molecule has 3 heterocycles. The predicted molar refractivity (Wildman–Crippen MR) is 204 cm³/mol. The molecule has 6 rings (SSSR count). The van der Waals surface area contributed by atoms with E-state index >= 15 is 0 Å². The number of aromatic nitrogens is 4. The van der Waals surface area contributed by atoms with Crippen molar-refractivity contribution in [2.24, 2.45) is 0 Å². The van der Waals surface area contributed by atoms with Gasteiger partial charge < -0.3 is 18.8 Å². The molecule has 292 valence electrons. The summed E-state index contributed by atoms with van der Waals surface area (Å²) in [4.78, 5) is 31.7. The van der Waals surface area contributed by atoms with Crippen LogP contribution in [-0.2, 0) is 32.1 Å². The molecule has 0 saturated heterocycles. The summed E-state index contributed by atoms with van der Waals surface area (Å²) in [5.74, 6) is -1.85. The number of esters is 1. The van der Waals surface area contributed by atoms with Crippen molar-refractivity contribution in [1.29, 1.82) is 0 Å². The summed E-state index contributed by atoms with van der Waals surface area (Å²) in [5.41, 5.74) is 3.80. The van der Waals surface area contributed by atoms with E-state index in [0.717, 1.165) is 23.2 Å². The van der Waals surface area contributed by atoms with E-state index < -0.39 is 52.7 Å². The Morgan fingerprint density at radius 3 is 2.20 bits per heavy atom. The lowest BCUT2D eigenvalue weighted by Gasteiger charge is -2.29. The van der Waals surface area contributed by atoms with Gasteiger partial charge in [0, 0.05) is 57.2 Å². The lowest BCUT2D eigenvalue weighted by atomic mass is 9.97. The molecular formula is C40H44F2N5O7S-. The number of halogens is 2.